The minimum Gasteiger partial charge on any atom is -0.207 e. The Hall–Kier alpha value is -0.560. The maximum Gasteiger partial charge on any atom is 0.127 e. The Kier molecular flexibility index (Phi) is 7.50. The van der Waals surface area contributed by atoms with Gasteiger partial charge in [0.05, 0.1) is 0 Å². The minimum atomic E-state index is -0.248. The first-order valence-corrected chi connectivity index (χ1v) is 5.41. The normalized spacial score (nSPS) is 9.21. The topological polar surface area (TPSA) is 0 Å². The van der Waals surface area contributed by atoms with Crippen LogP contribution in [0.25, 0.3) is 0 Å². The van der Waals surface area contributed by atoms with Gasteiger partial charge in [-0.3, -0.25) is 0 Å². The lowest BCUT2D eigenvalue weighted by Gasteiger charge is -1.95. The van der Waals surface area contributed by atoms with Crippen molar-refractivity contribution < 1.29 is 4.39 Å². The van der Waals surface area contributed by atoms with Crippen LogP contribution in [-0.2, 0) is 0 Å². The second-order valence-electron chi connectivity index (χ2n) is 3.20. The summed E-state index contributed by atoms with van der Waals surface area (Å²) < 4.78 is 12.5. The number of benzene rings is 1. The summed E-state index contributed by atoms with van der Waals surface area (Å²) >= 11 is 5.57. The molecule has 0 nitrogen and oxygen atoms in total. The number of unbranched alkanes of at least 4 members (excludes halogenated alkanes) is 2. The van der Waals surface area contributed by atoms with Crippen molar-refractivity contribution in [1.29, 1.82) is 0 Å². The molecule has 0 heterocycles. The molecule has 0 radical (unpaired) electrons. The highest BCUT2D eigenvalue weighted by Gasteiger charge is 1.97. The first-order valence-electron chi connectivity index (χ1n) is 5.04. The zero-order chi connectivity index (χ0) is 11.0. The zero-order valence-corrected chi connectivity index (χ0v) is 9.87. The van der Waals surface area contributed by atoms with E-state index in [9.17, 15) is 4.39 Å². The molecule has 1 rings (SSSR count). The summed E-state index contributed by atoms with van der Waals surface area (Å²) in [5.74, 6) is -0.248. The molecule has 14 heavy (non-hydrogen) atoms. The van der Waals surface area contributed by atoms with E-state index in [0.717, 1.165) is 0 Å². The smallest absolute Gasteiger partial charge is 0.127 e. The number of hydrogen-bond acceptors (Lipinski definition) is 0. The average molecular weight is 217 g/mol. The maximum absolute atomic E-state index is 12.5. The molecule has 0 aromatic heterocycles. The van der Waals surface area contributed by atoms with Gasteiger partial charge in [0.2, 0.25) is 0 Å². The summed E-state index contributed by atoms with van der Waals surface area (Å²) in [6.45, 7) is 6.07. The predicted octanol–water partition coefficient (Wildman–Crippen LogP) is 4.98. The van der Waals surface area contributed by atoms with Crippen molar-refractivity contribution in [3.05, 3.63) is 34.6 Å². The summed E-state index contributed by atoms with van der Waals surface area (Å²) in [7, 11) is 0. The molecule has 0 fully saturated rings. The molecule has 0 bridgehead atoms. The molecule has 0 unspecified atom stereocenters. The largest absolute Gasteiger partial charge is 0.207 e. The van der Waals surface area contributed by atoms with Gasteiger partial charge in [-0.2, -0.15) is 0 Å². The Labute approximate surface area is 91.1 Å². The second kappa shape index (κ2) is 7.81. The van der Waals surface area contributed by atoms with Crippen molar-refractivity contribution in [3.63, 3.8) is 0 Å². The summed E-state index contributed by atoms with van der Waals surface area (Å²) in [4.78, 5) is 0. The lowest BCUT2D eigenvalue weighted by molar-refractivity contribution is 0.618. The van der Waals surface area contributed by atoms with Gasteiger partial charge >= 0.3 is 0 Å². The van der Waals surface area contributed by atoms with Gasteiger partial charge in [0.15, 0.2) is 0 Å². The number of rotatable bonds is 2. The van der Waals surface area contributed by atoms with Gasteiger partial charge in [0.1, 0.15) is 5.82 Å². The van der Waals surface area contributed by atoms with Crippen molar-refractivity contribution in [3.8, 4) is 0 Å². The Bertz CT molecular complexity index is 236. The lowest BCUT2D eigenvalue weighted by Crippen LogP contribution is -1.80. The van der Waals surface area contributed by atoms with Crippen LogP contribution in [0.2, 0.25) is 5.02 Å². The summed E-state index contributed by atoms with van der Waals surface area (Å²) in [5.41, 5.74) is 0.513. The van der Waals surface area contributed by atoms with E-state index in [-0.39, 0.29) is 5.82 Å². The van der Waals surface area contributed by atoms with E-state index >= 15 is 0 Å². The van der Waals surface area contributed by atoms with E-state index < -0.39 is 0 Å². The van der Waals surface area contributed by atoms with Crippen LogP contribution in [0.4, 0.5) is 4.39 Å². The quantitative estimate of drug-likeness (QED) is 0.654. The summed E-state index contributed by atoms with van der Waals surface area (Å²) in [5, 5.41) is 0.481. The monoisotopic (exact) mass is 216 g/mol. The maximum atomic E-state index is 12.5. The van der Waals surface area contributed by atoms with Crippen LogP contribution in [0.5, 0.6) is 0 Å². The van der Waals surface area contributed by atoms with E-state index in [2.05, 4.69) is 13.8 Å². The van der Waals surface area contributed by atoms with Gasteiger partial charge in [0.25, 0.3) is 0 Å². The molecule has 0 amide bonds. The van der Waals surface area contributed by atoms with E-state index in [0.29, 0.717) is 10.6 Å². The predicted molar refractivity (Wildman–Crippen MR) is 61.3 cm³/mol. The molecule has 0 spiro atoms. The Balaban J connectivity index is 0.000000292. The highest BCUT2D eigenvalue weighted by Crippen LogP contribution is 2.16. The Morgan fingerprint density at radius 1 is 1.21 bits per heavy atom. The molecule has 2 heteroatoms. The van der Waals surface area contributed by atoms with Gasteiger partial charge in [-0.05, 0) is 19.1 Å². The van der Waals surface area contributed by atoms with E-state index in [1.54, 1.807) is 19.1 Å². The van der Waals surface area contributed by atoms with Crippen molar-refractivity contribution in [1.82, 2.24) is 0 Å². The highest BCUT2D eigenvalue weighted by atomic mass is 35.5. The van der Waals surface area contributed by atoms with Crippen LogP contribution in [0, 0.1) is 12.7 Å². The van der Waals surface area contributed by atoms with Gasteiger partial charge in [-0.15, -0.1) is 0 Å². The molecule has 0 N–H and O–H groups in total. The molecule has 0 aliphatic heterocycles. The van der Waals surface area contributed by atoms with Crippen LogP contribution in [0.3, 0.4) is 0 Å². The lowest BCUT2D eigenvalue weighted by atomic mass is 10.2. The number of hydrogen-bond donors (Lipinski definition) is 0. The molecule has 80 valence electrons. The summed E-state index contributed by atoms with van der Waals surface area (Å²) in [6, 6.07) is 4.64. The molecule has 0 atom stereocenters. The fourth-order valence-corrected chi connectivity index (χ4v) is 1.10. The van der Waals surface area contributed by atoms with Crippen LogP contribution in [0.15, 0.2) is 18.2 Å². The highest BCUT2D eigenvalue weighted by molar-refractivity contribution is 6.31. The molecule has 0 aliphatic carbocycles. The van der Waals surface area contributed by atoms with Crippen LogP contribution < -0.4 is 0 Å². The molecule has 0 saturated carbocycles. The van der Waals surface area contributed by atoms with Crippen molar-refractivity contribution >= 4 is 11.6 Å². The standard InChI is InChI=1S/C7H6ClF.C5H12/c1-5-6(8)3-2-4-7(5)9;1-3-5-4-2/h2-4H,1H3;3-5H2,1-2H3. The van der Waals surface area contributed by atoms with Crippen LogP contribution in [-0.4, -0.2) is 0 Å². The molecule has 1 aromatic carbocycles. The third-order valence-electron chi connectivity index (χ3n) is 1.91. The van der Waals surface area contributed by atoms with Gasteiger partial charge in [-0.25, -0.2) is 4.39 Å². The van der Waals surface area contributed by atoms with Crippen molar-refractivity contribution in [2.45, 2.75) is 40.0 Å². The van der Waals surface area contributed by atoms with Gasteiger partial charge < -0.3 is 0 Å². The third-order valence-corrected chi connectivity index (χ3v) is 2.32. The average Bonchev–Trinajstić information content (AvgIpc) is 2.16. The zero-order valence-electron chi connectivity index (χ0n) is 9.11. The number of halogens is 2. The molecular weight excluding hydrogens is 199 g/mol. The minimum absolute atomic E-state index is 0.248. The van der Waals surface area contributed by atoms with Gasteiger partial charge in [-0.1, -0.05) is 50.8 Å². The molecule has 1 aromatic rings. The van der Waals surface area contributed by atoms with Crippen molar-refractivity contribution in [2.75, 3.05) is 0 Å². The first-order chi connectivity index (χ1) is 6.63. The third kappa shape index (κ3) is 5.23. The summed E-state index contributed by atoms with van der Waals surface area (Å²) in [6.07, 6.45) is 4.08. The van der Waals surface area contributed by atoms with Gasteiger partial charge in [0, 0.05) is 10.6 Å². The van der Waals surface area contributed by atoms with E-state index in [4.69, 9.17) is 11.6 Å². The molecular formula is C12H18ClF. The van der Waals surface area contributed by atoms with Crippen molar-refractivity contribution in [2.24, 2.45) is 0 Å². The Morgan fingerprint density at radius 2 is 1.79 bits per heavy atom. The fraction of sp³-hybridized carbons (Fsp3) is 0.500. The van der Waals surface area contributed by atoms with Crippen LogP contribution >= 0.6 is 11.6 Å². The first kappa shape index (κ1) is 13.4. The molecule has 0 saturated heterocycles. The van der Waals surface area contributed by atoms with E-state index in [1.807, 2.05) is 0 Å². The van der Waals surface area contributed by atoms with Crippen LogP contribution in [0.1, 0.15) is 38.7 Å². The Morgan fingerprint density at radius 3 is 2.07 bits per heavy atom. The second-order valence-corrected chi connectivity index (χ2v) is 3.61. The molecule has 0 aliphatic rings. The fourth-order valence-electron chi connectivity index (χ4n) is 0.935. The van der Waals surface area contributed by atoms with E-state index in [1.165, 1.54) is 25.3 Å². The SMILES string of the molecule is CCCCC.Cc1c(F)cccc1Cl.